The van der Waals surface area contributed by atoms with Crippen LogP contribution in [0.1, 0.15) is 36.1 Å². The number of carbonyl (C=O) groups is 2. The van der Waals surface area contributed by atoms with Crippen molar-refractivity contribution in [1.82, 2.24) is 0 Å². The van der Waals surface area contributed by atoms with E-state index in [0.717, 1.165) is 22.3 Å². The van der Waals surface area contributed by atoms with Crippen molar-refractivity contribution in [3.63, 3.8) is 0 Å². The van der Waals surface area contributed by atoms with Crippen LogP contribution in [0.4, 0.5) is 0 Å². The standard InChI is InChI=1S/C44H44O9/c1-31-39-37(43(52-31,33-15-7-3-8-16-33)34-17-9-4-10-18-34)29-49-30-38-40(42(46)51-28-26-48-24-23-47-25-27-50-41(39)45)32(2)53-44(38,35-19-11-5-12-20-35)36-21-13-6-14-22-36/h3-22,37-38H,23-30H2,1-2H3. The molecular formula is C44H44O9. The highest BCUT2D eigenvalue weighted by molar-refractivity contribution is 5.91. The van der Waals surface area contributed by atoms with Crippen molar-refractivity contribution in [3.8, 4) is 0 Å². The van der Waals surface area contributed by atoms with Gasteiger partial charge in [0.05, 0.1) is 62.6 Å². The maximum absolute atomic E-state index is 14.1. The maximum Gasteiger partial charge on any atom is 0.338 e. The van der Waals surface area contributed by atoms with Gasteiger partial charge in [0, 0.05) is 22.3 Å². The quantitative estimate of drug-likeness (QED) is 0.210. The molecule has 0 radical (unpaired) electrons. The SMILES string of the molecule is CC1=C2C(=O)OCCOCCOCCOC(=O)C3=C(C)OC(c4ccccc4)(c4ccccc4)C3COCC2C(c2ccccc2)(c2ccccc2)O1. The average Bonchev–Trinajstić information content (AvgIpc) is 3.67. The van der Waals surface area contributed by atoms with Crippen LogP contribution in [-0.4, -0.2) is 64.8 Å². The number of carbonyl (C=O) groups excluding carboxylic acids is 2. The molecule has 7 rings (SSSR count). The molecule has 3 aliphatic rings. The highest BCUT2D eigenvalue weighted by Gasteiger charge is 2.56. The molecule has 9 heteroatoms. The highest BCUT2D eigenvalue weighted by Crippen LogP contribution is 2.53. The van der Waals surface area contributed by atoms with Crippen LogP contribution in [0.3, 0.4) is 0 Å². The van der Waals surface area contributed by atoms with E-state index in [4.69, 9.17) is 33.2 Å². The van der Waals surface area contributed by atoms with Crippen molar-refractivity contribution >= 4 is 11.9 Å². The van der Waals surface area contributed by atoms with E-state index in [1.165, 1.54) is 0 Å². The molecule has 0 aliphatic carbocycles. The maximum atomic E-state index is 14.1. The summed E-state index contributed by atoms with van der Waals surface area (Å²) in [5, 5.41) is 0. The number of benzene rings is 4. The van der Waals surface area contributed by atoms with E-state index in [9.17, 15) is 9.59 Å². The molecule has 2 unspecified atom stereocenters. The molecule has 1 saturated heterocycles. The minimum atomic E-state index is -1.12. The number of fused-ring (bicyclic) bond motifs is 2. The fraction of sp³-hybridized carbons (Fsp3) is 0.318. The summed E-state index contributed by atoms with van der Waals surface area (Å²) in [5.74, 6) is -1.39. The molecule has 0 bridgehead atoms. The van der Waals surface area contributed by atoms with Crippen molar-refractivity contribution in [2.75, 3.05) is 52.9 Å². The third-order valence-electron chi connectivity index (χ3n) is 10.2. The van der Waals surface area contributed by atoms with Crippen molar-refractivity contribution in [2.24, 2.45) is 11.8 Å². The van der Waals surface area contributed by atoms with Crippen LogP contribution in [0.15, 0.2) is 144 Å². The zero-order chi connectivity index (χ0) is 36.7. The van der Waals surface area contributed by atoms with E-state index in [1.54, 1.807) is 13.8 Å². The van der Waals surface area contributed by atoms with Crippen LogP contribution in [0.25, 0.3) is 0 Å². The number of hydrogen-bond acceptors (Lipinski definition) is 9. The molecule has 9 nitrogen and oxygen atoms in total. The summed E-state index contributed by atoms with van der Waals surface area (Å²) in [6, 6.07) is 39.4. The van der Waals surface area contributed by atoms with E-state index in [0.29, 0.717) is 22.7 Å². The lowest BCUT2D eigenvalue weighted by atomic mass is 9.73. The summed E-state index contributed by atoms with van der Waals surface area (Å²) in [5.41, 5.74) is 1.95. The van der Waals surface area contributed by atoms with Gasteiger partial charge in [0.25, 0.3) is 0 Å². The van der Waals surface area contributed by atoms with Crippen LogP contribution in [0.5, 0.6) is 0 Å². The number of rotatable bonds is 4. The van der Waals surface area contributed by atoms with Gasteiger partial charge >= 0.3 is 11.9 Å². The predicted molar refractivity (Wildman–Crippen MR) is 196 cm³/mol. The van der Waals surface area contributed by atoms with E-state index in [2.05, 4.69) is 0 Å². The van der Waals surface area contributed by atoms with Gasteiger partial charge in [-0.25, -0.2) is 9.59 Å². The molecule has 1 fully saturated rings. The first-order valence-electron chi connectivity index (χ1n) is 18.1. The summed E-state index contributed by atoms with van der Waals surface area (Å²) in [6.45, 7) is 4.74. The Morgan fingerprint density at radius 2 is 0.736 bits per heavy atom. The summed E-state index contributed by atoms with van der Waals surface area (Å²) in [7, 11) is 0. The first-order valence-corrected chi connectivity index (χ1v) is 18.1. The van der Waals surface area contributed by atoms with Gasteiger partial charge < -0.3 is 33.2 Å². The Labute approximate surface area is 310 Å². The number of cyclic esters (lactones) is 2. The molecular weight excluding hydrogens is 672 g/mol. The lowest BCUT2D eigenvalue weighted by molar-refractivity contribution is -0.143. The summed E-state index contributed by atoms with van der Waals surface area (Å²) < 4.78 is 43.5. The van der Waals surface area contributed by atoms with Crippen LogP contribution < -0.4 is 0 Å². The Kier molecular flexibility index (Phi) is 11.1. The van der Waals surface area contributed by atoms with E-state index in [1.807, 2.05) is 121 Å². The summed E-state index contributed by atoms with van der Waals surface area (Å²) in [4.78, 5) is 28.1. The van der Waals surface area contributed by atoms with Gasteiger partial charge in [-0.2, -0.15) is 0 Å². The van der Waals surface area contributed by atoms with Gasteiger partial charge in [-0.15, -0.1) is 0 Å². The second-order valence-corrected chi connectivity index (χ2v) is 13.2. The highest BCUT2D eigenvalue weighted by atomic mass is 16.6. The zero-order valence-electron chi connectivity index (χ0n) is 30.0. The van der Waals surface area contributed by atoms with Crippen molar-refractivity contribution in [1.29, 1.82) is 0 Å². The van der Waals surface area contributed by atoms with Gasteiger partial charge in [0.1, 0.15) is 24.7 Å². The van der Waals surface area contributed by atoms with Crippen LogP contribution in [-0.2, 0) is 53.9 Å². The molecule has 3 aliphatic heterocycles. The largest absolute Gasteiger partial charge is 0.481 e. The fourth-order valence-electron chi connectivity index (χ4n) is 7.89. The topological polar surface area (TPSA) is 98.8 Å². The lowest BCUT2D eigenvalue weighted by Gasteiger charge is -2.38. The van der Waals surface area contributed by atoms with Gasteiger partial charge in [-0.05, 0) is 13.8 Å². The third kappa shape index (κ3) is 7.00. The molecule has 0 N–H and O–H groups in total. The molecule has 4 aromatic carbocycles. The number of hydrogen-bond donors (Lipinski definition) is 0. The summed E-state index contributed by atoms with van der Waals surface area (Å²) in [6.07, 6.45) is 0. The Hall–Kier alpha value is -5.22. The van der Waals surface area contributed by atoms with Crippen molar-refractivity contribution in [3.05, 3.63) is 166 Å². The van der Waals surface area contributed by atoms with Crippen LogP contribution >= 0.6 is 0 Å². The molecule has 4 aromatic rings. The Morgan fingerprint density at radius 3 is 1.06 bits per heavy atom. The minimum Gasteiger partial charge on any atom is -0.481 e. The number of esters is 2. The van der Waals surface area contributed by atoms with Gasteiger partial charge in [0.2, 0.25) is 0 Å². The third-order valence-corrected chi connectivity index (χ3v) is 10.2. The molecule has 2 atom stereocenters. The van der Waals surface area contributed by atoms with Crippen LogP contribution in [0.2, 0.25) is 0 Å². The van der Waals surface area contributed by atoms with E-state index < -0.39 is 35.0 Å². The fourth-order valence-corrected chi connectivity index (χ4v) is 7.89. The molecule has 0 spiro atoms. The van der Waals surface area contributed by atoms with Crippen molar-refractivity contribution < 1.29 is 42.7 Å². The molecule has 0 saturated carbocycles. The number of ether oxygens (including phenoxy) is 7. The van der Waals surface area contributed by atoms with E-state index >= 15 is 0 Å². The molecule has 0 amide bonds. The van der Waals surface area contributed by atoms with Gasteiger partial charge in [-0.1, -0.05) is 121 Å². The van der Waals surface area contributed by atoms with Gasteiger partial charge in [-0.3, -0.25) is 0 Å². The molecule has 53 heavy (non-hydrogen) atoms. The lowest BCUT2D eigenvalue weighted by Crippen LogP contribution is -2.42. The smallest absolute Gasteiger partial charge is 0.338 e. The Morgan fingerprint density at radius 1 is 0.434 bits per heavy atom. The molecule has 3 heterocycles. The average molecular weight is 717 g/mol. The first-order chi connectivity index (χ1) is 26.0. The second-order valence-electron chi connectivity index (χ2n) is 13.2. The monoisotopic (exact) mass is 716 g/mol. The zero-order valence-corrected chi connectivity index (χ0v) is 30.0. The second kappa shape index (κ2) is 16.2. The Bertz CT molecular complexity index is 1700. The normalized spacial score (nSPS) is 22.5. The Balaban J connectivity index is 1.33. The molecule has 274 valence electrons. The van der Waals surface area contributed by atoms with Crippen molar-refractivity contribution in [2.45, 2.75) is 25.0 Å². The first kappa shape index (κ1) is 36.2. The minimum absolute atomic E-state index is 0.0490. The van der Waals surface area contributed by atoms with E-state index in [-0.39, 0.29) is 52.9 Å². The van der Waals surface area contributed by atoms with Gasteiger partial charge in [0.15, 0.2) is 11.2 Å². The summed E-state index contributed by atoms with van der Waals surface area (Å²) >= 11 is 0. The predicted octanol–water partition coefficient (Wildman–Crippen LogP) is 6.86. The number of allylic oxidation sites excluding steroid dienone is 2. The molecule has 0 aromatic heterocycles. The van der Waals surface area contributed by atoms with Crippen LogP contribution in [0, 0.1) is 11.8 Å².